The molecule has 4 rings (SSSR count). The molecule has 2 aromatic carbocycles. The van der Waals surface area contributed by atoms with Gasteiger partial charge in [0.1, 0.15) is 12.1 Å². The van der Waals surface area contributed by atoms with Crippen LogP contribution in [0.3, 0.4) is 0 Å². The molecule has 1 aliphatic rings. The summed E-state index contributed by atoms with van der Waals surface area (Å²) in [6, 6.07) is 14.6. The average molecular weight is 367 g/mol. The van der Waals surface area contributed by atoms with Crippen LogP contribution in [-0.2, 0) is 0 Å². The number of hydrogen-bond acceptors (Lipinski definition) is 6. The molecule has 6 heteroatoms. The molecular formula is C20H21N3O2S. The predicted octanol–water partition coefficient (Wildman–Crippen LogP) is 3.94. The zero-order valence-corrected chi connectivity index (χ0v) is 15.7. The summed E-state index contributed by atoms with van der Waals surface area (Å²) in [4.78, 5) is 11.4. The minimum absolute atomic E-state index is 0.440. The van der Waals surface area contributed by atoms with E-state index in [1.54, 1.807) is 20.5 Å². The maximum Gasteiger partial charge on any atom is 0.162 e. The average Bonchev–Trinajstić information content (AvgIpc) is 2.73. The summed E-state index contributed by atoms with van der Waals surface area (Å²) >= 11 is 2.00. The van der Waals surface area contributed by atoms with Crippen molar-refractivity contribution in [3.05, 3.63) is 54.4 Å². The second-order valence-electron chi connectivity index (χ2n) is 6.14. The molecule has 0 saturated carbocycles. The Balaban J connectivity index is 1.71. The first kappa shape index (κ1) is 17.0. The van der Waals surface area contributed by atoms with Crippen molar-refractivity contribution < 1.29 is 9.47 Å². The first-order valence-electron chi connectivity index (χ1n) is 8.58. The van der Waals surface area contributed by atoms with E-state index in [9.17, 15) is 0 Å². The molecule has 0 N–H and O–H groups in total. The van der Waals surface area contributed by atoms with Crippen molar-refractivity contribution in [2.75, 3.05) is 38.0 Å². The van der Waals surface area contributed by atoms with E-state index in [0.29, 0.717) is 16.7 Å². The maximum atomic E-state index is 5.47. The third-order valence-corrected chi connectivity index (χ3v) is 5.90. The third kappa shape index (κ3) is 3.17. The molecule has 0 amide bonds. The first-order valence-corrected chi connectivity index (χ1v) is 9.63. The van der Waals surface area contributed by atoms with E-state index in [0.717, 1.165) is 35.6 Å². The van der Waals surface area contributed by atoms with E-state index in [1.807, 2.05) is 23.9 Å². The molecule has 1 fully saturated rings. The van der Waals surface area contributed by atoms with Crippen LogP contribution in [-0.4, -0.2) is 43.0 Å². The highest BCUT2D eigenvalue weighted by atomic mass is 32.2. The van der Waals surface area contributed by atoms with Crippen molar-refractivity contribution in [3.8, 4) is 11.5 Å². The predicted molar refractivity (Wildman–Crippen MR) is 106 cm³/mol. The highest BCUT2D eigenvalue weighted by molar-refractivity contribution is 7.99. The van der Waals surface area contributed by atoms with Crippen LogP contribution in [0.4, 0.5) is 5.82 Å². The van der Waals surface area contributed by atoms with Gasteiger partial charge in [-0.15, -0.1) is 0 Å². The van der Waals surface area contributed by atoms with Gasteiger partial charge in [-0.05, 0) is 11.6 Å². The molecule has 134 valence electrons. The number of nitrogens with zero attached hydrogens (tertiary/aromatic N) is 3. The fraction of sp³-hybridized carbons (Fsp3) is 0.300. The lowest BCUT2D eigenvalue weighted by Crippen LogP contribution is -2.35. The number of thioether (sulfide) groups is 1. The molecule has 0 spiro atoms. The maximum absolute atomic E-state index is 5.47. The van der Waals surface area contributed by atoms with Gasteiger partial charge < -0.3 is 14.4 Å². The van der Waals surface area contributed by atoms with Crippen molar-refractivity contribution >= 4 is 28.5 Å². The Morgan fingerprint density at radius 1 is 1.04 bits per heavy atom. The number of anilines is 1. The van der Waals surface area contributed by atoms with Gasteiger partial charge in [-0.3, -0.25) is 0 Å². The normalized spacial score (nSPS) is 17.3. The lowest BCUT2D eigenvalue weighted by Gasteiger charge is -2.34. The number of methoxy groups -OCH3 is 2. The van der Waals surface area contributed by atoms with Crippen LogP contribution < -0.4 is 14.4 Å². The second kappa shape index (κ2) is 7.41. The van der Waals surface area contributed by atoms with Crippen LogP contribution in [0.1, 0.15) is 10.8 Å². The summed E-state index contributed by atoms with van der Waals surface area (Å²) in [6.45, 7) is 1.89. The molecule has 26 heavy (non-hydrogen) atoms. The second-order valence-corrected chi connectivity index (χ2v) is 7.45. The molecule has 1 saturated heterocycles. The van der Waals surface area contributed by atoms with Crippen molar-refractivity contribution in [1.82, 2.24) is 9.97 Å². The Bertz CT molecular complexity index is 904. The van der Waals surface area contributed by atoms with Crippen molar-refractivity contribution in [1.29, 1.82) is 0 Å². The topological polar surface area (TPSA) is 47.5 Å². The summed E-state index contributed by atoms with van der Waals surface area (Å²) in [5, 5.41) is 1.43. The van der Waals surface area contributed by atoms with Crippen molar-refractivity contribution in [2.24, 2.45) is 0 Å². The van der Waals surface area contributed by atoms with E-state index in [2.05, 4.69) is 45.2 Å². The Kier molecular flexibility index (Phi) is 4.84. The Morgan fingerprint density at radius 3 is 2.58 bits per heavy atom. The van der Waals surface area contributed by atoms with Crippen LogP contribution >= 0.6 is 11.8 Å². The Labute approximate surface area is 157 Å². The van der Waals surface area contributed by atoms with E-state index >= 15 is 0 Å². The van der Waals surface area contributed by atoms with E-state index in [4.69, 9.17) is 9.47 Å². The van der Waals surface area contributed by atoms with Gasteiger partial charge in [0.05, 0.1) is 19.7 Å². The fourth-order valence-electron chi connectivity index (χ4n) is 3.33. The van der Waals surface area contributed by atoms with Crippen LogP contribution in [0, 0.1) is 0 Å². The molecule has 1 aromatic heterocycles. The van der Waals surface area contributed by atoms with Gasteiger partial charge in [-0.25, -0.2) is 9.97 Å². The van der Waals surface area contributed by atoms with Crippen molar-refractivity contribution in [3.63, 3.8) is 0 Å². The van der Waals surface area contributed by atoms with Crippen LogP contribution in [0.25, 0.3) is 10.9 Å². The van der Waals surface area contributed by atoms with Gasteiger partial charge in [0.15, 0.2) is 11.5 Å². The molecule has 0 radical (unpaired) electrons. The molecule has 5 nitrogen and oxygen atoms in total. The molecule has 1 aliphatic heterocycles. The quantitative estimate of drug-likeness (QED) is 0.696. The lowest BCUT2D eigenvalue weighted by molar-refractivity contribution is 0.356. The fourth-order valence-corrected chi connectivity index (χ4v) is 4.58. The van der Waals surface area contributed by atoms with Crippen LogP contribution in [0.15, 0.2) is 48.8 Å². The Hall–Kier alpha value is -2.47. The van der Waals surface area contributed by atoms with Gasteiger partial charge in [-0.2, -0.15) is 11.8 Å². The number of aromatic nitrogens is 2. The Morgan fingerprint density at radius 2 is 1.81 bits per heavy atom. The zero-order valence-electron chi connectivity index (χ0n) is 14.9. The monoisotopic (exact) mass is 367 g/mol. The van der Waals surface area contributed by atoms with Crippen LogP contribution in [0.5, 0.6) is 11.5 Å². The molecule has 1 atom stereocenters. The third-order valence-electron chi connectivity index (χ3n) is 4.66. The number of ether oxygens (including phenoxy) is 2. The van der Waals surface area contributed by atoms with Gasteiger partial charge >= 0.3 is 0 Å². The minimum Gasteiger partial charge on any atom is -0.493 e. The smallest absolute Gasteiger partial charge is 0.162 e. The van der Waals surface area contributed by atoms with Crippen LogP contribution in [0.2, 0.25) is 0 Å². The van der Waals surface area contributed by atoms with Gasteiger partial charge in [0.25, 0.3) is 0 Å². The van der Waals surface area contributed by atoms with Gasteiger partial charge in [0.2, 0.25) is 0 Å². The molecule has 0 aliphatic carbocycles. The highest BCUT2D eigenvalue weighted by Crippen LogP contribution is 2.38. The first-order chi connectivity index (χ1) is 12.8. The van der Waals surface area contributed by atoms with Gasteiger partial charge in [-0.1, -0.05) is 30.3 Å². The lowest BCUT2D eigenvalue weighted by atomic mass is 10.1. The number of hydrogen-bond donors (Lipinski definition) is 0. The molecule has 0 bridgehead atoms. The van der Waals surface area contributed by atoms with Crippen molar-refractivity contribution in [2.45, 2.75) is 5.25 Å². The minimum atomic E-state index is 0.440. The number of rotatable bonds is 4. The summed E-state index contributed by atoms with van der Waals surface area (Å²) in [5.41, 5.74) is 2.22. The summed E-state index contributed by atoms with van der Waals surface area (Å²) in [6.07, 6.45) is 1.63. The standard InChI is InChI=1S/C20H21N3O2S/c1-24-17-10-15-16(11-18(17)25-2)21-13-22-20(15)23-8-9-26-19(12-23)14-6-4-3-5-7-14/h3-7,10-11,13,19H,8-9,12H2,1-2H3/t19-/m1/s1. The highest BCUT2D eigenvalue weighted by Gasteiger charge is 2.24. The van der Waals surface area contributed by atoms with E-state index in [-0.39, 0.29) is 0 Å². The summed E-state index contributed by atoms with van der Waals surface area (Å²) in [7, 11) is 3.29. The number of benzene rings is 2. The summed E-state index contributed by atoms with van der Waals surface area (Å²) in [5.74, 6) is 3.40. The molecule has 0 unspecified atom stereocenters. The summed E-state index contributed by atoms with van der Waals surface area (Å²) < 4.78 is 10.9. The largest absolute Gasteiger partial charge is 0.493 e. The zero-order chi connectivity index (χ0) is 17.9. The van der Waals surface area contributed by atoms with E-state index in [1.165, 1.54) is 5.56 Å². The molecular weight excluding hydrogens is 346 g/mol. The van der Waals surface area contributed by atoms with E-state index < -0.39 is 0 Å². The number of fused-ring (bicyclic) bond motifs is 1. The molecule has 2 heterocycles. The molecule has 3 aromatic rings. The van der Waals surface area contributed by atoms with Gasteiger partial charge in [0, 0.05) is 35.5 Å². The SMILES string of the molecule is COc1cc2ncnc(N3CCS[C@@H](c4ccccc4)C3)c2cc1OC.